The highest BCUT2D eigenvalue weighted by Crippen LogP contribution is 2.46. The van der Waals surface area contributed by atoms with E-state index in [4.69, 9.17) is 0 Å². The van der Waals surface area contributed by atoms with Gasteiger partial charge in [0.15, 0.2) is 5.41 Å². The van der Waals surface area contributed by atoms with Crippen LogP contribution in [0.15, 0.2) is 12.4 Å². The predicted octanol–water partition coefficient (Wildman–Crippen LogP) is 0.488. The second-order valence-electron chi connectivity index (χ2n) is 6.21. The van der Waals surface area contributed by atoms with Crippen LogP contribution in [0.25, 0.3) is 0 Å². The number of carbonyl (C=O) groups excluding carboxylic acids is 3. The van der Waals surface area contributed by atoms with Gasteiger partial charge in [-0.15, -0.1) is 0 Å². The zero-order valence-corrected chi connectivity index (χ0v) is 12.3. The monoisotopic (exact) mass is 318 g/mol. The van der Waals surface area contributed by atoms with Gasteiger partial charge < -0.3 is 4.90 Å². The molecule has 3 aliphatic heterocycles. The lowest BCUT2D eigenvalue weighted by atomic mass is 9.66. The van der Waals surface area contributed by atoms with E-state index in [1.54, 1.807) is 6.20 Å². The Bertz CT molecular complexity index is 715. The van der Waals surface area contributed by atoms with Crippen molar-refractivity contribution >= 4 is 23.5 Å². The molecule has 0 bridgehead atoms. The van der Waals surface area contributed by atoms with E-state index in [9.17, 15) is 18.8 Å². The van der Waals surface area contributed by atoms with Crippen LogP contribution in [-0.2, 0) is 16.0 Å². The van der Waals surface area contributed by atoms with Gasteiger partial charge in [-0.25, -0.2) is 9.18 Å². The van der Waals surface area contributed by atoms with Gasteiger partial charge in [0.05, 0.1) is 24.1 Å². The number of aromatic nitrogens is 1. The van der Waals surface area contributed by atoms with E-state index in [0.717, 1.165) is 19.0 Å². The average molecular weight is 318 g/mol. The maximum absolute atomic E-state index is 14.3. The Labute approximate surface area is 131 Å². The molecule has 4 amide bonds. The van der Waals surface area contributed by atoms with Gasteiger partial charge >= 0.3 is 6.03 Å². The average Bonchev–Trinajstić information content (AvgIpc) is 2.53. The molecule has 23 heavy (non-hydrogen) atoms. The van der Waals surface area contributed by atoms with Gasteiger partial charge in [0.1, 0.15) is 5.82 Å². The van der Waals surface area contributed by atoms with Crippen molar-refractivity contribution in [2.24, 2.45) is 5.41 Å². The van der Waals surface area contributed by atoms with Gasteiger partial charge in [-0.2, -0.15) is 0 Å². The van der Waals surface area contributed by atoms with Gasteiger partial charge in [-0.1, -0.05) is 0 Å². The molecule has 0 aromatic carbocycles. The molecule has 1 aromatic rings. The topological polar surface area (TPSA) is 91.4 Å². The van der Waals surface area contributed by atoms with Gasteiger partial charge in [0, 0.05) is 18.5 Å². The van der Waals surface area contributed by atoms with E-state index < -0.39 is 35.1 Å². The number of halogens is 1. The number of pyridine rings is 1. The molecule has 1 unspecified atom stereocenters. The Morgan fingerprint density at radius 2 is 1.91 bits per heavy atom. The van der Waals surface area contributed by atoms with Crippen molar-refractivity contribution in [2.75, 3.05) is 11.4 Å². The molecule has 3 aliphatic rings. The first-order valence-corrected chi connectivity index (χ1v) is 7.60. The fourth-order valence-electron chi connectivity index (χ4n) is 4.03. The van der Waals surface area contributed by atoms with Crippen molar-refractivity contribution in [1.29, 1.82) is 0 Å². The highest BCUT2D eigenvalue weighted by Gasteiger charge is 2.60. The molecule has 1 aromatic heterocycles. The molecule has 2 saturated heterocycles. The maximum atomic E-state index is 14.3. The molecule has 1 spiro atoms. The summed E-state index contributed by atoms with van der Waals surface area (Å²) >= 11 is 0. The van der Waals surface area contributed by atoms with Crippen LogP contribution in [0, 0.1) is 11.2 Å². The summed E-state index contributed by atoms with van der Waals surface area (Å²) in [5.41, 5.74) is -0.542. The third kappa shape index (κ3) is 1.80. The molecule has 8 heteroatoms. The number of imide groups is 2. The van der Waals surface area contributed by atoms with Crippen molar-refractivity contribution in [1.82, 2.24) is 15.6 Å². The van der Waals surface area contributed by atoms with Crippen LogP contribution in [0.1, 0.15) is 24.8 Å². The number of fused-ring (bicyclic) bond motifs is 4. The summed E-state index contributed by atoms with van der Waals surface area (Å²) in [5.74, 6) is -1.83. The molecule has 0 saturated carbocycles. The number of nitrogens with zero attached hydrogens (tertiary/aromatic N) is 2. The summed E-state index contributed by atoms with van der Waals surface area (Å²) in [6, 6.07) is -1.23. The predicted molar refractivity (Wildman–Crippen MR) is 77.0 cm³/mol. The van der Waals surface area contributed by atoms with Gasteiger partial charge in [-0.3, -0.25) is 25.2 Å². The number of barbiturate groups is 1. The zero-order valence-electron chi connectivity index (χ0n) is 12.3. The SMILES string of the molecule is O=C1NC(=O)C2(Cc3c(F)cncc3N3CCCCC32)C(=O)N1. The van der Waals surface area contributed by atoms with Crippen molar-refractivity contribution in [3.8, 4) is 0 Å². The highest BCUT2D eigenvalue weighted by atomic mass is 19.1. The Balaban J connectivity index is 1.91. The normalized spacial score (nSPS) is 25.5. The number of piperidine rings is 1. The smallest absolute Gasteiger partial charge is 0.328 e. The second-order valence-corrected chi connectivity index (χ2v) is 6.21. The Hall–Kier alpha value is -2.51. The van der Waals surface area contributed by atoms with E-state index in [2.05, 4.69) is 15.6 Å². The summed E-state index contributed by atoms with van der Waals surface area (Å²) in [4.78, 5) is 42.4. The maximum Gasteiger partial charge on any atom is 0.328 e. The number of amides is 4. The number of urea groups is 1. The molecule has 0 aliphatic carbocycles. The number of hydrogen-bond acceptors (Lipinski definition) is 5. The molecule has 7 nitrogen and oxygen atoms in total. The summed E-state index contributed by atoms with van der Waals surface area (Å²) in [6.07, 6.45) is 4.99. The van der Waals surface area contributed by atoms with Crippen LogP contribution >= 0.6 is 0 Å². The lowest BCUT2D eigenvalue weighted by molar-refractivity contribution is -0.146. The fourth-order valence-corrected chi connectivity index (χ4v) is 4.03. The zero-order chi connectivity index (χ0) is 16.2. The van der Waals surface area contributed by atoms with Gasteiger partial charge in [0.25, 0.3) is 0 Å². The molecule has 2 fully saturated rings. The fraction of sp³-hybridized carbons (Fsp3) is 0.467. The summed E-state index contributed by atoms with van der Waals surface area (Å²) in [5, 5.41) is 4.36. The number of carbonyl (C=O) groups is 3. The van der Waals surface area contributed by atoms with Crippen molar-refractivity contribution in [3.63, 3.8) is 0 Å². The minimum Gasteiger partial charge on any atom is -0.365 e. The van der Waals surface area contributed by atoms with Crippen LogP contribution in [-0.4, -0.2) is 35.4 Å². The van der Waals surface area contributed by atoms with Crippen LogP contribution < -0.4 is 15.5 Å². The van der Waals surface area contributed by atoms with E-state index >= 15 is 0 Å². The largest absolute Gasteiger partial charge is 0.365 e. The Morgan fingerprint density at radius 1 is 1.17 bits per heavy atom. The number of nitrogens with one attached hydrogen (secondary N) is 2. The molecule has 2 N–H and O–H groups in total. The highest BCUT2D eigenvalue weighted by molar-refractivity contribution is 6.20. The molecule has 4 heterocycles. The molecular formula is C15H15FN4O3. The number of anilines is 1. The van der Waals surface area contributed by atoms with E-state index in [1.165, 1.54) is 0 Å². The Kier molecular flexibility index (Phi) is 2.91. The third-order valence-electron chi connectivity index (χ3n) is 5.08. The molecular weight excluding hydrogens is 303 g/mol. The van der Waals surface area contributed by atoms with Crippen LogP contribution in [0.3, 0.4) is 0 Å². The molecule has 1 atom stereocenters. The number of hydrogen-bond donors (Lipinski definition) is 2. The van der Waals surface area contributed by atoms with E-state index in [1.807, 2.05) is 4.90 Å². The quantitative estimate of drug-likeness (QED) is 0.679. The van der Waals surface area contributed by atoms with Gasteiger partial charge in [0.2, 0.25) is 11.8 Å². The second kappa shape index (κ2) is 4.74. The van der Waals surface area contributed by atoms with Crippen LogP contribution in [0.4, 0.5) is 14.9 Å². The van der Waals surface area contributed by atoms with Crippen molar-refractivity contribution in [3.05, 3.63) is 23.8 Å². The first-order valence-electron chi connectivity index (χ1n) is 7.60. The molecule has 0 radical (unpaired) electrons. The van der Waals surface area contributed by atoms with E-state index in [0.29, 0.717) is 24.2 Å². The van der Waals surface area contributed by atoms with Crippen molar-refractivity contribution < 1.29 is 18.8 Å². The third-order valence-corrected chi connectivity index (χ3v) is 5.08. The van der Waals surface area contributed by atoms with E-state index in [-0.39, 0.29) is 6.42 Å². The van der Waals surface area contributed by atoms with Gasteiger partial charge in [-0.05, 0) is 19.3 Å². The lowest BCUT2D eigenvalue weighted by Crippen LogP contribution is -2.72. The summed E-state index contributed by atoms with van der Waals surface area (Å²) < 4.78 is 14.3. The minimum absolute atomic E-state index is 0.0667. The van der Waals surface area contributed by atoms with Crippen LogP contribution in [0.2, 0.25) is 0 Å². The lowest BCUT2D eigenvalue weighted by Gasteiger charge is -2.52. The summed E-state index contributed by atoms with van der Waals surface area (Å²) in [7, 11) is 0. The minimum atomic E-state index is -1.48. The first-order chi connectivity index (χ1) is 11.0. The van der Waals surface area contributed by atoms with Crippen molar-refractivity contribution in [2.45, 2.75) is 31.7 Å². The van der Waals surface area contributed by atoms with Crippen LogP contribution in [0.5, 0.6) is 0 Å². The standard InChI is InChI=1S/C15H15FN4O3/c16-9-6-17-7-10-8(9)5-15(11-3-1-2-4-20(10)11)12(21)18-14(23)19-13(15)22/h6-7,11H,1-5H2,(H2,18,19,21,22,23). The molecule has 120 valence electrons. The Morgan fingerprint density at radius 3 is 2.65 bits per heavy atom. The summed E-state index contributed by atoms with van der Waals surface area (Å²) in [6.45, 7) is 0.624. The first kappa shape index (κ1) is 14.1. The number of rotatable bonds is 0. The molecule has 4 rings (SSSR count).